The molecule has 0 aromatic carbocycles. The molecule has 1 fully saturated rings. The number of carbonyl (C=O) groups excluding carboxylic acids is 1. The number of hydrogen-bond acceptors (Lipinski definition) is 6. The molecule has 7 heteroatoms. The number of carbonyl (C=O) groups is 2. The monoisotopic (exact) mass is 300 g/mol. The second-order valence-corrected chi connectivity index (χ2v) is 6.72. The van der Waals surface area contributed by atoms with Crippen LogP contribution < -0.4 is 5.32 Å². The molecule has 19 heavy (non-hydrogen) atoms. The van der Waals surface area contributed by atoms with Crippen LogP contribution in [-0.2, 0) is 0 Å². The molecule has 2 rings (SSSR count). The summed E-state index contributed by atoms with van der Waals surface area (Å²) in [5.74, 6) is 1.58. The molecule has 0 spiro atoms. The van der Waals surface area contributed by atoms with E-state index in [4.69, 9.17) is 5.11 Å². The van der Waals surface area contributed by atoms with Gasteiger partial charge >= 0.3 is 5.97 Å². The third-order valence-corrected chi connectivity index (χ3v) is 5.19. The molecular weight excluding hydrogens is 284 g/mol. The van der Waals surface area contributed by atoms with E-state index in [1.807, 2.05) is 11.8 Å². The van der Waals surface area contributed by atoms with E-state index in [1.54, 1.807) is 0 Å². The van der Waals surface area contributed by atoms with E-state index in [1.165, 1.54) is 31.3 Å². The van der Waals surface area contributed by atoms with Crippen molar-refractivity contribution in [1.82, 2.24) is 4.98 Å². The zero-order chi connectivity index (χ0) is 13.8. The van der Waals surface area contributed by atoms with E-state index in [2.05, 4.69) is 10.3 Å². The van der Waals surface area contributed by atoms with Crippen molar-refractivity contribution in [3.8, 4) is 0 Å². The first-order valence-corrected chi connectivity index (χ1v) is 8.11. The molecule has 2 N–H and O–H groups in total. The molecule has 104 valence electrons. The average molecular weight is 300 g/mol. The van der Waals surface area contributed by atoms with Gasteiger partial charge in [0.25, 0.3) is 0 Å². The zero-order valence-electron chi connectivity index (χ0n) is 10.6. The number of carboxylic acids is 1. The molecule has 1 aromatic rings. The topological polar surface area (TPSA) is 79.3 Å². The Morgan fingerprint density at radius 2 is 2.11 bits per heavy atom. The Labute approximate surface area is 119 Å². The Bertz CT molecular complexity index is 450. The summed E-state index contributed by atoms with van der Waals surface area (Å²) in [6.07, 6.45) is 2.35. The highest BCUT2D eigenvalue weighted by molar-refractivity contribution is 7.99. The van der Waals surface area contributed by atoms with Gasteiger partial charge in [-0.05, 0) is 30.3 Å². The summed E-state index contributed by atoms with van der Waals surface area (Å²) in [4.78, 5) is 26.6. The number of aromatic nitrogens is 1. The minimum Gasteiger partial charge on any atom is -0.476 e. The molecule has 2 heterocycles. The maximum Gasteiger partial charge on any atom is 0.356 e. The predicted octanol–water partition coefficient (Wildman–Crippen LogP) is 2.60. The van der Waals surface area contributed by atoms with Crippen molar-refractivity contribution in [1.29, 1.82) is 0 Å². The first-order valence-electron chi connectivity index (χ1n) is 6.14. The van der Waals surface area contributed by atoms with Crippen molar-refractivity contribution in [2.75, 3.05) is 23.4 Å². The Morgan fingerprint density at radius 3 is 2.63 bits per heavy atom. The third kappa shape index (κ3) is 3.70. The highest BCUT2D eigenvalue weighted by Crippen LogP contribution is 2.26. The van der Waals surface area contributed by atoms with Crippen LogP contribution in [0.15, 0.2) is 0 Å². The van der Waals surface area contributed by atoms with E-state index in [9.17, 15) is 9.59 Å². The van der Waals surface area contributed by atoms with Gasteiger partial charge in [-0.1, -0.05) is 11.3 Å². The number of rotatable bonds is 5. The first kappa shape index (κ1) is 14.3. The Kier molecular flexibility index (Phi) is 4.81. The van der Waals surface area contributed by atoms with Gasteiger partial charge in [-0.15, -0.1) is 0 Å². The van der Waals surface area contributed by atoms with E-state index in [0.29, 0.717) is 11.0 Å². The number of nitrogens with zero attached hydrogens (tertiary/aromatic N) is 1. The molecule has 0 radical (unpaired) electrons. The van der Waals surface area contributed by atoms with Crippen LogP contribution in [0, 0.1) is 5.92 Å². The summed E-state index contributed by atoms with van der Waals surface area (Å²) >= 11 is 3.10. The van der Waals surface area contributed by atoms with Crippen molar-refractivity contribution in [3.05, 3.63) is 10.6 Å². The molecule has 0 amide bonds. The Hall–Kier alpha value is -1.08. The number of Topliss-reactive ketones (excluding diaryl/α,β-unsaturated/α-hetero) is 1. The SMILES string of the molecule is CC(=O)c1sc(NCC2CCSCC2)nc1C(=O)O. The lowest BCUT2D eigenvalue weighted by Crippen LogP contribution is -2.19. The predicted molar refractivity (Wildman–Crippen MR) is 77.6 cm³/mol. The second kappa shape index (κ2) is 6.38. The van der Waals surface area contributed by atoms with E-state index in [0.717, 1.165) is 17.9 Å². The molecule has 1 aliphatic heterocycles. The van der Waals surface area contributed by atoms with Gasteiger partial charge in [0, 0.05) is 13.5 Å². The maximum atomic E-state index is 11.4. The second-order valence-electron chi connectivity index (χ2n) is 4.49. The molecule has 0 saturated carbocycles. The van der Waals surface area contributed by atoms with Gasteiger partial charge < -0.3 is 10.4 Å². The summed E-state index contributed by atoms with van der Waals surface area (Å²) in [5, 5.41) is 12.7. The van der Waals surface area contributed by atoms with Crippen LogP contribution in [0.1, 0.15) is 39.9 Å². The van der Waals surface area contributed by atoms with Crippen LogP contribution in [0.25, 0.3) is 0 Å². The lowest BCUT2D eigenvalue weighted by atomic mass is 10.0. The Balaban J connectivity index is 2.02. The fraction of sp³-hybridized carbons (Fsp3) is 0.583. The van der Waals surface area contributed by atoms with Gasteiger partial charge in [-0.25, -0.2) is 9.78 Å². The van der Waals surface area contributed by atoms with Crippen molar-refractivity contribution < 1.29 is 14.7 Å². The van der Waals surface area contributed by atoms with Gasteiger partial charge in [0.2, 0.25) is 0 Å². The number of nitrogens with one attached hydrogen (secondary N) is 1. The summed E-state index contributed by atoms with van der Waals surface area (Å²) < 4.78 is 0. The standard InChI is InChI=1S/C12H16N2O3S2/c1-7(15)10-9(11(16)17)14-12(19-10)13-6-8-2-4-18-5-3-8/h8H,2-6H2,1H3,(H,13,14)(H,16,17). The van der Waals surface area contributed by atoms with Gasteiger partial charge in [0.1, 0.15) is 4.88 Å². The van der Waals surface area contributed by atoms with Crippen LogP contribution in [0.5, 0.6) is 0 Å². The van der Waals surface area contributed by atoms with E-state index < -0.39 is 5.97 Å². The fourth-order valence-corrected chi connectivity index (χ4v) is 4.02. The maximum absolute atomic E-state index is 11.4. The van der Waals surface area contributed by atoms with Crippen LogP contribution in [0.2, 0.25) is 0 Å². The highest BCUT2D eigenvalue weighted by Gasteiger charge is 2.21. The number of aromatic carboxylic acids is 1. The molecule has 1 saturated heterocycles. The number of anilines is 1. The summed E-state index contributed by atoms with van der Waals surface area (Å²) in [6.45, 7) is 2.16. The van der Waals surface area contributed by atoms with Crippen molar-refractivity contribution >= 4 is 40.0 Å². The smallest absolute Gasteiger partial charge is 0.356 e. The van der Waals surface area contributed by atoms with Crippen LogP contribution in [0.3, 0.4) is 0 Å². The Morgan fingerprint density at radius 1 is 1.42 bits per heavy atom. The molecule has 5 nitrogen and oxygen atoms in total. The largest absolute Gasteiger partial charge is 0.476 e. The van der Waals surface area contributed by atoms with Crippen LogP contribution >= 0.6 is 23.1 Å². The minimum absolute atomic E-state index is 0.140. The van der Waals surface area contributed by atoms with Gasteiger partial charge in [0.05, 0.1) is 0 Å². The summed E-state index contributed by atoms with van der Waals surface area (Å²) in [6, 6.07) is 0. The van der Waals surface area contributed by atoms with Crippen LogP contribution in [0.4, 0.5) is 5.13 Å². The van der Waals surface area contributed by atoms with Crippen molar-refractivity contribution in [2.24, 2.45) is 5.92 Å². The fourth-order valence-electron chi connectivity index (χ4n) is 1.96. The zero-order valence-corrected chi connectivity index (χ0v) is 12.3. The number of thioether (sulfide) groups is 1. The molecule has 0 aliphatic carbocycles. The lowest BCUT2D eigenvalue weighted by molar-refractivity contribution is 0.0687. The molecule has 0 unspecified atom stereocenters. The lowest BCUT2D eigenvalue weighted by Gasteiger charge is -2.21. The van der Waals surface area contributed by atoms with Gasteiger partial charge in [0.15, 0.2) is 16.6 Å². The van der Waals surface area contributed by atoms with Crippen molar-refractivity contribution in [2.45, 2.75) is 19.8 Å². The van der Waals surface area contributed by atoms with E-state index in [-0.39, 0.29) is 16.4 Å². The number of thiazole rings is 1. The van der Waals surface area contributed by atoms with Crippen LogP contribution in [-0.4, -0.2) is 39.9 Å². The molecule has 1 aromatic heterocycles. The molecule has 0 bridgehead atoms. The molecule has 0 atom stereocenters. The molecular formula is C12H16N2O3S2. The molecule has 1 aliphatic rings. The van der Waals surface area contributed by atoms with Gasteiger partial charge in [-0.2, -0.15) is 11.8 Å². The quantitative estimate of drug-likeness (QED) is 0.814. The average Bonchev–Trinajstić information content (AvgIpc) is 2.82. The number of ketones is 1. The first-order chi connectivity index (χ1) is 9.08. The summed E-state index contributed by atoms with van der Waals surface area (Å²) in [5.41, 5.74) is -0.140. The number of carboxylic acid groups (broad SMARTS) is 1. The minimum atomic E-state index is -1.15. The number of hydrogen-bond donors (Lipinski definition) is 2. The van der Waals surface area contributed by atoms with E-state index >= 15 is 0 Å². The third-order valence-electron chi connectivity index (χ3n) is 3.03. The normalized spacial score (nSPS) is 16.3. The summed E-state index contributed by atoms with van der Waals surface area (Å²) in [7, 11) is 0. The highest BCUT2D eigenvalue weighted by atomic mass is 32.2. The van der Waals surface area contributed by atoms with Crippen molar-refractivity contribution in [3.63, 3.8) is 0 Å². The van der Waals surface area contributed by atoms with Gasteiger partial charge in [-0.3, -0.25) is 4.79 Å².